The molecular formula is C20H24N8. The molecule has 8 heteroatoms. The average Bonchev–Trinajstić information content (AvgIpc) is 3.28. The van der Waals surface area contributed by atoms with Gasteiger partial charge in [0, 0.05) is 37.5 Å². The zero-order valence-electron chi connectivity index (χ0n) is 16.6. The van der Waals surface area contributed by atoms with Crippen LogP contribution >= 0.6 is 0 Å². The smallest absolute Gasteiger partial charge is 0.228 e. The van der Waals surface area contributed by atoms with Crippen LogP contribution in [0.25, 0.3) is 16.9 Å². The van der Waals surface area contributed by atoms with Crippen LogP contribution in [-0.2, 0) is 13.5 Å². The van der Waals surface area contributed by atoms with E-state index in [0.29, 0.717) is 5.95 Å². The number of aryl methyl sites for hydroxylation is 1. The monoisotopic (exact) mass is 376 g/mol. The summed E-state index contributed by atoms with van der Waals surface area (Å²) >= 11 is 0. The van der Waals surface area contributed by atoms with Crippen LogP contribution in [0.3, 0.4) is 0 Å². The Labute approximate surface area is 163 Å². The predicted octanol–water partition coefficient (Wildman–Crippen LogP) is 3.64. The molecule has 0 aliphatic carbocycles. The van der Waals surface area contributed by atoms with Gasteiger partial charge in [-0.25, -0.2) is 9.97 Å². The molecule has 0 aliphatic heterocycles. The lowest BCUT2D eigenvalue weighted by Crippen LogP contribution is -2.15. The first-order valence-corrected chi connectivity index (χ1v) is 9.37. The van der Waals surface area contributed by atoms with E-state index in [1.807, 2.05) is 37.5 Å². The van der Waals surface area contributed by atoms with Crippen molar-refractivity contribution in [2.24, 2.45) is 12.5 Å². The zero-order chi connectivity index (χ0) is 19.7. The molecule has 4 aromatic rings. The fraction of sp³-hybridized carbons (Fsp3) is 0.350. The lowest BCUT2D eigenvalue weighted by molar-refractivity contribution is 0.340. The lowest BCUT2D eigenvalue weighted by Gasteiger charge is -2.20. The van der Waals surface area contributed by atoms with Crippen molar-refractivity contribution in [1.82, 2.24) is 34.3 Å². The topological polar surface area (TPSA) is 85.8 Å². The highest BCUT2D eigenvalue weighted by Gasteiger charge is 2.19. The second kappa shape index (κ2) is 7.03. The second-order valence-corrected chi connectivity index (χ2v) is 7.68. The minimum atomic E-state index is 0.195. The third kappa shape index (κ3) is 3.58. The van der Waals surface area contributed by atoms with Gasteiger partial charge in [0.2, 0.25) is 5.95 Å². The van der Waals surface area contributed by atoms with E-state index in [4.69, 9.17) is 0 Å². The summed E-state index contributed by atoms with van der Waals surface area (Å²) in [4.78, 5) is 8.93. The van der Waals surface area contributed by atoms with Crippen LogP contribution in [0.2, 0.25) is 0 Å². The van der Waals surface area contributed by atoms with Crippen molar-refractivity contribution >= 4 is 17.4 Å². The molecule has 0 saturated carbocycles. The highest BCUT2D eigenvalue weighted by atomic mass is 15.3. The van der Waals surface area contributed by atoms with Crippen molar-refractivity contribution in [2.75, 3.05) is 5.32 Å². The van der Waals surface area contributed by atoms with Gasteiger partial charge < -0.3 is 5.32 Å². The number of aromatic nitrogens is 7. The summed E-state index contributed by atoms with van der Waals surface area (Å²) in [6, 6.07) is 7.80. The molecule has 4 aromatic heterocycles. The molecule has 0 unspecified atom stereocenters. The van der Waals surface area contributed by atoms with Gasteiger partial charge in [0.25, 0.3) is 0 Å². The Morgan fingerprint density at radius 2 is 1.96 bits per heavy atom. The molecule has 0 radical (unpaired) electrons. The van der Waals surface area contributed by atoms with E-state index in [2.05, 4.69) is 55.8 Å². The van der Waals surface area contributed by atoms with Crippen LogP contribution in [0.5, 0.6) is 0 Å². The molecule has 0 fully saturated rings. The van der Waals surface area contributed by atoms with Gasteiger partial charge in [0.15, 0.2) is 5.65 Å². The van der Waals surface area contributed by atoms with Gasteiger partial charge in [0.05, 0.1) is 11.9 Å². The Bertz CT molecular complexity index is 1110. The van der Waals surface area contributed by atoms with Gasteiger partial charge in [-0.15, -0.1) is 10.2 Å². The maximum atomic E-state index is 4.62. The number of pyridine rings is 1. The molecule has 0 aromatic carbocycles. The van der Waals surface area contributed by atoms with Crippen LogP contribution in [-0.4, -0.2) is 34.3 Å². The molecule has 1 N–H and O–H groups in total. The van der Waals surface area contributed by atoms with E-state index >= 15 is 0 Å². The standard InChI is InChI=1S/C20H24N8/c1-5-20(2,3)13-18-26-25-17-12-14(8-11-28(17)18)15-6-9-21-19(23-15)24-16-7-10-22-27(16)4/h6-12H,5,13H2,1-4H3,(H,21,23,24). The Kier molecular flexibility index (Phi) is 4.54. The summed E-state index contributed by atoms with van der Waals surface area (Å²) in [7, 11) is 1.86. The van der Waals surface area contributed by atoms with Gasteiger partial charge in [-0.3, -0.25) is 9.08 Å². The number of hydrogen-bond acceptors (Lipinski definition) is 6. The van der Waals surface area contributed by atoms with Gasteiger partial charge >= 0.3 is 0 Å². The third-order valence-electron chi connectivity index (χ3n) is 5.09. The largest absolute Gasteiger partial charge is 0.309 e. The van der Waals surface area contributed by atoms with Gasteiger partial charge in [-0.2, -0.15) is 5.10 Å². The third-order valence-corrected chi connectivity index (χ3v) is 5.09. The molecule has 28 heavy (non-hydrogen) atoms. The highest BCUT2D eigenvalue weighted by Crippen LogP contribution is 2.26. The molecule has 8 nitrogen and oxygen atoms in total. The summed E-state index contributed by atoms with van der Waals surface area (Å²) in [5.41, 5.74) is 2.80. The Morgan fingerprint density at radius 3 is 2.71 bits per heavy atom. The summed E-state index contributed by atoms with van der Waals surface area (Å²) in [6.45, 7) is 6.70. The highest BCUT2D eigenvalue weighted by molar-refractivity contribution is 5.65. The van der Waals surface area contributed by atoms with E-state index in [1.165, 1.54) is 0 Å². The van der Waals surface area contributed by atoms with Crippen LogP contribution in [0.4, 0.5) is 11.8 Å². The summed E-state index contributed by atoms with van der Waals surface area (Å²) in [5, 5.41) is 16.1. The fourth-order valence-corrected chi connectivity index (χ4v) is 2.96. The Balaban J connectivity index is 1.63. The number of fused-ring (bicyclic) bond motifs is 1. The molecule has 4 rings (SSSR count). The number of anilines is 2. The van der Waals surface area contributed by atoms with Gasteiger partial charge in [0.1, 0.15) is 11.6 Å². The minimum absolute atomic E-state index is 0.195. The SMILES string of the molecule is CCC(C)(C)Cc1nnc2cc(-c3ccnc(Nc4ccnn4C)n3)ccn12. The van der Waals surface area contributed by atoms with E-state index < -0.39 is 0 Å². The van der Waals surface area contributed by atoms with Crippen molar-refractivity contribution in [3.05, 3.63) is 48.7 Å². The summed E-state index contributed by atoms with van der Waals surface area (Å²) in [5.74, 6) is 2.33. The van der Waals surface area contributed by atoms with E-state index in [9.17, 15) is 0 Å². The first-order chi connectivity index (χ1) is 13.4. The van der Waals surface area contributed by atoms with E-state index in [0.717, 1.165) is 41.4 Å². The molecule has 4 heterocycles. The van der Waals surface area contributed by atoms with E-state index in [1.54, 1.807) is 17.1 Å². The van der Waals surface area contributed by atoms with Crippen molar-refractivity contribution in [1.29, 1.82) is 0 Å². The van der Waals surface area contributed by atoms with Crippen LogP contribution in [0.1, 0.15) is 33.0 Å². The van der Waals surface area contributed by atoms with Gasteiger partial charge in [-0.1, -0.05) is 27.2 Å². The number of hydrogen-bond donors (Lipinski definition) is 1. The van der Waals surface area contributed by atoms with Crippen LogP contribution in [0.15, 0.2) is 42.9 Å². The summed E-state index contributed by atoms with van der Waals surface area (Å²) in [6.07, 6.45) is 7.46. The number of rotatable bonds is 6. The fourth-order valence-electron chi connectivity index (χ4n) is 2.96. The van der Waals surface area contributed by atoms with Crippen molar-refractivity contribution < 1.29 is 0 Å². The molecular weight excluding hydrogens is 352 g/mol. The van der Waals surface area contributed by atoms with Crippen molar-refractivity contribution in [3.8, 4) is 11.3 Å². The minimum Gasteiger partial charge on any atom is -0.309 e. The van der Waals surface area contributed by atoms with Crippen LogP contribution in [0, 0.1) is 5.41 Å². The van der Waals surface area contributed by atoms with Crippen molar-refractivity contribution in [2.45, 2.75) is 33.6 Å². The molecule has 0 spiro atoms. The zero-order valence-corrected chi connectivity index (χ0v) is 16.6. The molecule has 0 amide bonds. The average molecular weight is 376 g/mol. The van der Waals surface area contributed by atoms with Crippen LogP contribution < -0.4 is 5.32 Å². The quantitative estimate of drug-likeness (QED) is 0.553. The second-order valence-electron chi connectivity index (χ2n) is 7.68. The number of nitrogens with one attached hydrogen (secondary N) is 1. The maximum absolute atomic E-state index is 4.62. The summed E-state index contributed by atoms with van der Waals surface area (Å²) < 4.78 is 3.79. The van der Waals surface area contributed by atoms with E-state index in [-0.39, 0.29) is 5.41 Å². The molecule has 0 saturated heterocycles. The Morgan fingerprint density at radius 1 is 1.11 bits per heavy atom. The molecule has 0 aliphatic rings. The maximum Gasteiger partial charge on any atom is 0.228 e. The molecule has 0 atom stereocenters. The lowest BCUT2D eigenvalue weighted by atomic mass is 9.86. The Hall–Kier alpha value is -3.29. The number of nitrogens with zero attached hydrogens (tertiary/aromatic N) is 7. The molecule has 144 valence electrons. The first kappa shape index (κ1) is 18.1. The van der Waals surface area contributed by atoms with Crippen molar-refractivity contribution in [3.63, 3.8) is 0 Å². The normalized spacial score (nSPS) is 11.9. The predicted molar refractivity (Wildman–Crippen MR) is 108 cm³/mol. The first-order valence-electron chi connectivity index (χ1n) is 9.37. The molecule has 0 bridgehead atoms. The van der Waals surface area contributed by atoms with Gasteiger partial charge in [-0.05, 0) is 23.6 Å².